The van der Waals surface area contributed by atoms with Gasteiger partial charge in [-0.2, -0.15) is 0 Å². The van der Waals surface area contributed by atoms with E-state index in [1.165, 1.54) is 10.5 Å². The smallest absolute Gasteiger partial charge is 0.213 e. The number of benzene rings is 1. The standard InChI is InChI=1S/C16H17ClN2OS/c1-20-16-4-2-3-12(19-16)10-18-14-7-8-21-15-6-5-11(17)9-13(14)15/h2-6,9,14,18H,7-8,10H2,1H3. The van der Waals surface area contributed by atoms with E-state index in [0.29, 0.717) is 11.9 Å². The van der Waals surface area contributed by atoms with Crippen molar-refractivity contribution in [3.8, 4) is 5.88 Å². The lowest BCUT2D eigenvalue weighted by Crippen LogP contribution is -2.24. The van der Waals surface area contributed by atoms with Crippen molar-refractivity contribution < 1.29 is 4.74 Å². The molecule has 5 heteroatoms. The summed E-state index contributed by atoms with van der Waals surface area (Å²) < 4.78 is 5.16. The third-order valence-corrected chi connectivity index (χ3v) is 4.89. The maximum Gasteiger partial charge on any atom is 0.213 e. The Morgan fingerprint density at radius 3 is 3.14 bits per heavy atom. The Labute approximate surface area is 134 Å². The van der Waals surface area contributed by atoms with Gasteiger partial charge in [0.15, 0.2) is 0 Å². The van der Waals surface area contributed by atoms with E-state index in [1.54, 1.807) is 7.11 Å². The summed E-state index contributed by atoms with van der Waals surface area (Å²) in [5.41, 5.74) is 2.28. The van der Waals surface area contributed by atoms with Gasteiger partial charge in [0, 0.05) is 28.6 Å². The number of hydrogen-bond acceptors (Lipinski definition) is 4. The van der Waals surface area contributed by atoms with E-state index < -0.39 is 0 Å². The summed E-state index contributed by atoms with van der Waals surface area (Å²) >= 11 is 8.03. The number of methoxy groups -OCH3 is 1. The number of pyridine rings is 1. The van der Waals surface area contributed by atoms with Crippen LogP contribution in [0, 0.1) is 0 Å². The fourth-order valence-corrected chi connectivity index (χ4v) is 3.76. The van der Waals surface area contributed by atoms with E-state index in [0.717, 1.165) is 29.4 Å². The van der Waals surface area contributed by atoms with Gasteiger partial charge in [0.05, 0.1) is 12.8 Å². The molecule has 1 aromatic carbocycles. The molecule has 0 radical (unpaired) electrons. The van der Waals surface area contributed by atoms with Crippen molar-refractivity contribution in [2.75, 3.05) is 12.9 Å². The lowest BCUT2D eigenvalue weighted by Gasteiger charge is -2.26. The first-order valence-corrected chi connectivity index (χ1v) is 8.28. The fourth-order valence-electron chi connectivity index (χ4n) is 2.47. The minimum absolute atomic E-state index is 0.327. The minimum atomic E-state index is 0.327. The van der Waals surface area contributed by atoms with Gasteiger partial charge in [0.25, 0.3) is 0 Å². The van der Waals surface area contributed by atoms with Crippen LogP contribution in [0.5, 0.6) is 5.88 Å². The predicted molar refractivity (Wildman–Crippen MR) is 87.2 cm³/mol. The molecular formula is C16H17ClN2OS. The number of hydrogen-bond donors (Lipinski definition) is 1. The molecule has 0 amide bonds. The molecule has 1 atom stereocenters. The number of ether oxygens (including phenoxy) is 1. The van der Waals surface area contributed by atoms with Crippen LogP contribution in [0.15, 0.2) is 41.3 Å². The number of rotatable bonds is 4. The van der Waals surface area contributed by atoms with Crippen LogP contribution in [0.4, 0.5) is 0 Å². The highest BCUT2D eigenvalue weighted by Crippen LogP contribution is 2.37. The lowest BCUT2D eigenvalue weighted by molar-refractivity contribution is 0.394. The first-order chi connectivity index (χ1) is 10.3. The number of nitrogens with zero attached hydrogens (tertiary/aromatic N) is 1. The molecule has 2 aromatic rings. The third kappa shape index (κ3) is 3.51. The second-order valence-electron chi connectivity index (χ2n) is 4.92. The summed E-state index contributed by atoms with van der Waals surface area (Å²) in [7, 11) is 1.64. The number of aromatic nitrogens is 1. The topological polar surface area (TPSA) is 34.1 Å². The lowest BCUT2D eigenvalue weighted by atomic mass is 10.0. The van der Waals surface area contributed by atoms with Crippen LogP contribution >= 0.6 is 23.4 Å². The highest BCUT2D eigenvalue weighted by atomic mass is 35.5. The highest BCUT2D eigenvalue weighted by molar-refractivity contribution is 7.99. The zero-order valence-corrected chi connectivity index (χ0v) is 13.4. The summed E-state index contributed by atoms with van der Waals surface area (Å²) in [4.78, 5) is 5.75. The van der Waals surface area contributed by atoms with Crippen molar-refractivity contribution in [2.45, 2.75) is 23.9 Å². The monoisotopic (exact) mass is 320 g/mol. The van der Waals surface area contributed by atoms with Crippen molar-refractivity contribution in [3.05, 3.63) is 52.7 Å². The van der Waals surface area contributed by atoms with Crippen molar-refractivity contribution in [2.24, 2.45) is 0 Å². The van der Waals surface area contributed by atoms with Crippen LogP contribution in [0.1, 0.15) is 23.7 Å². The van der Waals surface area contributed by atoms with Crippen molar-refractivity contribution >= 4 is 23.4 Å². The molecule has 0 aliphatic carbocycles. The molecule has 1 N–H and O–H groups in total. The molecule has 1 aliphatic heterocycles. The molecule has 3 rings (SSSR count). The minimum Gasteiger partial charge on any atom is -0.481 e. The summed E-state index contributed by atoms with van der Waals surface area (Å²) in [5.74, 6) is 1.77. The zero-order valence-electron chi connectivity index (χ0n) is 11.8. The average Bonchev–Trinajstić information content (AvgIpc) is 2.53. The van der Waals surface area contributed by atoms with Crippen molar-refractivity contribution in [1.82, 2.24) is 10.3 Å². The largest absolute Gasteiger partial charge is 0.481 e. The van der Waals surface area contributed by atoms with Gasteiger partial charge in [-0.25, -0.2) is 4.98 Å². The molecule has 1 aliphatic rings. The van der Waals surface area contributed by atoms with Crippen LogP contribution in [-0.4, -0.2) is 17.8 Å². The molecular weight excluding hydrogens is 304 g/mol. The molecule has 110 valence electrons. The van der Waals surface area contributed by atoms with Crippen LogP contribution < -0.4 is 10.1 Å². The maximum absolute atomic E-state index is 6.13. The molecule has 0 saturated carbocycles. The molecule has 0 saturated heterocycles. The van der Waals surface area contributed by atoms with E-state index in [4.69, 9.17) is 16.3 Å². The predicted octanol–water partition coefficient (Wildman–Crippen LogP) is 4.07. The van der Waals surface area contributed by atoms with E-state index in [2.05, 4.69) is 22.4 Å². The first kappa shape index (κ1) is 14.7. The number of nitrogens with one attached hydrogen (secondary N) is 1. The van der Waals surface area contributed by atoms with Gasteiger partial charge >= 0.3 is 0 Å². The van der Waals surface area contributed by atoms with Crippen LogP contribution in [0.25, 0.3) is 0 Å². The van der Waals surface area contributed by atoms with Gasteiger partial charge in [-0.3, -0.25) is 0 Å². The molecule has 2 heterocycles. The van der Waals surface area contributed by atoms with Gasteiger partial charge in [-0.05, 0) is 42.0 Å². The Bertz CT molecular complexity index is 635. The number of thioether (sulfide) groups is 1. The van der Waals surface area contributed by atoms with Crippen molar-refractivity contribution in [1.29, 1.82) is 0 Å². The Morgan fingerprint density at radius 2 is 2.29 bits per heavy atom. The number of fused-ring (bicyclic) bond motifs is 1. The average molecular weight is 321 g/mol. The summed E-state index contributed by atoms with van der Waals surface area (Å²) in [6.07, 6.45) is 1.10. The summed E-state index contributed by atoms with van der Waals surface area (Å²) in [6.45, 7) is 0.721. The van der Waals surface area contributed by atoms with Gasteiger partial charge in [-0.15, -0.1) is 11.8 Å². The molecule has 0 bridgehead atoms. The SMILES string of the molecule is COc1cccc(CNC2CCSc3ccc(Cl)cc32)n1. The van der Waals surface area contributed by atoms with E-state index in [1.807, 2.05) is 36.0 Å². The Balaban J connectivity index is 1.73. The van der Waals surface area contributed by atoms with E-state index in [9.17, 15) is 0 Å². The molecule has 1 aromatic heterocycles. The van der Waals surface area contributed by atoms with Gasteiger partial charge in [0.2, 0.25) is 5.88 Å². The van der Waals surface area contributed by atoms with Gasteiger partial charge in [-0.1, -0.05) is 17.7 Å². The normalized spacial score (nSPS) is 17.3. The second-order valence-corrected chi connectivity index (χ2v) is 6.50. The van der Waals surface area contributed by atoms with Gasteiger partial charge < -0.3 is 10.1 Å². The molecule has 0 fully saturated rings. The Hall–Kier alpha value is -1.23. The highest BCUT2D eigenvalue weighted by Gasteiger charge is 2.20. The quantitative estimate of drug-likeness (QED) is 0.920. The van der Waals surface area contributed by atoms with Crippen LogP contribution in [-0.2, 0) is 6.54 Å². The summed E-state index contributed by atoms with van der Waals surface area (Å²) in [6, 6.07) is 12.3. The third-order valence-electron chi connectivity index (χ3n) is 3.53. The zero-order chi connectivity index (χ0) is 14.7. The molecule has 1 unspecified atom stereocenters. The fraction of sp³-hybridized carbons (Fsp3) is 0.312. The summed E-state index contributed by atoms with van der Waals surface area (Å²) in [5, 5.41) is 4.38. The van der Waals surface area contributed by atoms with Crippen molar-refractivity contribution in [3.63, 3.8) is 0 Å². The van der Waals surface area contributed by atoms with E-state index >= 15 is 0 Å². The first-order valence-electron chi connectivity index (χ1n) is 6.92. The molecule has 3 nitrogen and oxygen atoms in total. The second kappa shape index (κ2) is 6.69. The number of halogens is 1. The van der Waals surface area contributed by atoms with Gasteiger partial charge in [0.1, 0.15) is 0 Å². The molecule has 21 heavy (non-hydrogen) atoms. The van der Waals surface area contributed by atoms with E-state index in [-0.39, 0.29) is 0 Å². The Kier molecular flexibility index (Phi) is 4.68. The maximum atomic E-state index is 6.13. The molecule has 0 spiro atoms. The Morgan fingerprint density at radius 1 is 1.38 bits per heavy atom. The van der Waals surface area contributed by atoms with Crippen LogP contribution in [0.3, 0.4) is 0 Å². The van der Waals surface area contributed by atoms with Crippen LogP contribution in [0.2, 0.25) is 5.02 Å².